The molecule has 1 aliphatic rings. The maximum atomic E-state index is 2.62. The van der Waals surface area contributed by atoms with Crippen molar-refractivity contribution in [2.24, 2.45) is 0 Å². The fraction of sp³-hybridized carbons (Fsp3) is 0.368. The van der Waals surface area contributed by atoms with E-state index in [1.807, 2.05) is 0 Å². The lowest BCUT2D eigenvalue weighted by Crippen LogP contribution is -2.47. The predicted octanol–water partition coefficient (Wildman–Crippen LogP) is 3.84. The van der Waals surface area contributed by atoms with Gasteiger partial charge in [-0.1, -0.05) is 67.6 Å². The summed E-state index contributed by atoms with van der Waals surface area (Å²) in [7, 11) is 0. The lowest BCUT2D eigenvalue weighted by molar-refractivity contribution is 0.113. The lowest BCUT2D eigenvalue weighted by atomic mass is 9.96. The van der Waals surface area contributed by atoms with Crippen LogP contribution in [0.3, 0.4) is 0 Å². The molecule has 2 nitrogen and oxygen atoms in total. The molecule has 3 rings (SSSR count). The summed E-state index contributed by atoms with van der Waals surface area (Å²) in [6.07, 6.45) is 0. The lowest BCUT2D eigenvalue weighted by Gasteiger charge is -2.39. The molecule has 0 bridgehead atoms. The third-order valence-electron chi connectivity index (χ3n) is 4.45. The first-order valence-corrected chi connectivity index (χ1v) is 7.95. The van der Waals surface area contributed by atoms with Gasteiger partial charge in [-0.3, -0.25) is 4.90 Å². The normalized spacial score (nSPS) is 16.5. The van der Waals surface area contributed by atoms with Crippen molar-refractivity contribution in [1.29, 1.82) is 0 Å². The van der Waals surface area contributed by atoms with Crippen molar-refractivity contribution in [3.05, 3.63) is 71.8 Å². The zero-order valence-electron chi connectivity index (χ0n) is 13.2. The van der Waals surface area contributed by atoms with Crippen molar-refractivity contribution >= 4 is 12.4 Å². The van der Waals surface area contributed by atoms with E-state index in [1.54, 1.807) is 0 Å². The smallest absolute Gasteiger partial charge is 0.0602 e. The molecule has 1 heterocycles. The van der Waals surface area contributed by atoms with Gasteiger partial charge < -0.3 is 4.90 Å². The SMILES string of the molecule is CCN1CCN(C(c2ccccc2)c2ccccc2)CC1.Cl. The third kappa shape index (κ3) is 3.89. The van der Waals surface area contributed by atoms with Crippen LogP contribution in [0.15, 0.2) is 60.7 Å². The number of likely N-dealkylation sites (N-methyl/N-ethyl adjacent to an activating group) is 1. The average Bonchev–Trinajstić information content (AvgIpc) is 2.58. The Hall–Kier alpha value is -1.35. The average molecular weight is 317 g/mol. The minimum absolute atomic E-state index is 0. The summed E-state index contributed by atoms with van der Waals surface area (Å²) >= 11 is 0. The second kappa shape index (κ2) is 8.33. The largest absolute Gasteiger partial charge is 0.301 e. The number of piperazine rings is 1. The highest BCUT2D eigenvalue weighted by molar-refractivity contribution is 5.85. The molecule has 0 N–H and O–H groups in total. The van der Waals surface area contributed by atoms with Gasteiger partial charge in [-0.25, -0.2) is 0 Å². The van der Waals surface area contributed by atoms with Crippen LogP contribution in [0, 0.1) is 0 Å². The summed E-state index contributed by atoms with van der Waals surface area (Å²) in [5.74, 6) is 0. The van der Waals surface area contributed by atoms with E-state index in [1.165, 1.54) is 24.2 Å². The molecule has 0 aromatic heterocycles. The Morgan fingerprint density at radius 3 is 1.64 bits per heavy atom. The van der Waals surface area contributed by atoms with Crippen LogP contribution in [0.2, 0.25) is 0 Å². The molecular formula is C19H25ClN2. The van der Waals surface area contributed by atoms with Crippen molar-refractivity contribution in [3.8, 4) is 0 Å². The van der Waals surface area contributed by atoms with E-state index in [9.17, 15) is 0 Å². The molecule has 118 valence electrons. The number of benzene rings is 2. The number of hydrogen-bond donors (Lipinski definition) is 0. The van der Waals surface area contributed by atoms with Gasteiger partial charge in [-0.05, 0) is 17.7 Å². The molecule has 2 aromatic rings. The second-order valence-corrected chi connectivity index (χ2v) is 5.69. The third-order valence-corrected chi connectivity index (χ3v) is 4.45. The van der Waals surface area contributed by atoms with E-state index in [0.29, 0.717) is 6.04 Å². The minimum Gasteiger partial charge on any atom is -0.301 e. The van der Waals surface area contributed by atoms with Gasteiger partial charge in [-0.2, -0.15) is 0 Å². The Labute approximate surface area is 140 Å². The van der Waals surface area contributed by atoms with Crippen molar-refractivity contribution in [2.45, 2.75) is 13.0 Å². The van der Waals surface area contributed by atoms with Crippen LogP contribution in [0.1, 0.15) is 24.1 Å². The van der Waals surface area contributed by atoms with Gasteiger partial charge >= 0.3 is 0 Å². The zero-order valence-corrected chi connectivity index (χ0v) is 14.0. The molecule has 0 saturated carbocycles. The van der Waals surface area contributed by atoms with E-state index in [4.69, 9.17) is 0 Å². The number of hydrogen-bond acceptors (Lipinski definition) is 2. The first kappa shape index (κ1) is 17.0. The van der Waals surface area contributed by atoms with E-state index in [-0.39, 0.29) is 12.4 Å². The molecule has 0 aliphatic carbocycles. The molecule has 0 atom stereocenters. The number of nitrogens with zero attached hydrogens (tertiary/aromatic N) is 2. The minimum atomic E-state index is 0. The Balaban J connectivity index is 0.00000176. The van der Waals surface area contributed by atoms with Crippen molar-refractivity contribution in [2.75, 3.05) is 32.7 Å². The Morgan fingerprint density at radius 1 is 0.773 bits per heavy atom. The summed E-state index contributed by atoms with van der Waals surface area (Å²) in [5, 5.41) is 0. The van der Waals surface area contributed by atoms with Crippen LogP contribution >= 0.6 is 12.4 Å². The maximum absolute atomic E-state index is 2.62. The topological polar surface area (TPSA) is 6.48 Å². The monoisotopic (exact) mass is 316 g/mol. The van der Waals surface area contributed by atoms with Gasteiger partial charge in [0.15, 0.2) is 0 Å². The van der Waals surface area contributed by atoms with Gasteiger partial charge in [-0.15, -0.1) is 12.4 Å². The Bertz CT molecular complexity index is 496. The first-order valence-electron chi connectivity index (χ1n) is 7.95. The van der Waals surface area contributed by atoms with Gasteiger partial charge in [0.2, 0.25) is 0 Å². The van der Waals surface area contributed by atoms with Crippen LogP contribution in [-0.4, -0.2) is 42.5 Å². The molecule has 0 radical (unpaired) electrons. The van der Waals surface area contributed by atoms with Crippen LogP contribution in [0.25, 0.3) is 0 Å². The fourth-order valence-electron chi connectivity index (χ4n) is 3.22. The van der Waals surface area contributed by atoms with Crippen LogP contribution in [0.5, 0.6) is 0 Å². The maximum Gasteiger partial charge on any atom is 0.0602 e. The van der Waals surface area contributed by atoms with Gasteiger partial charge in [0.25, 0.3) is 0 Å². The quantitative estimate of drug-likeness (QED) is 0.845. The summed E-state index contributed by atoms with van der Waals surface area (Å²) in [5.41, 5.74) is 2.79. The molecule has 0 amide bonds. The fourth-order valence-corrected chi connectivity index (χ4v) is 3.22. The Kier molecular flexibility index (Phi) is 6.44. The first-order chi connectivity index (χ1) is 10.4. The standard InChI is InChI=1S/C19H24N2.ClH/c1-2-20-13-15-21(16-14-20)19(17-9-5-3-6-10-17)18-11-7-4-8-12-18;/h3-12,19H,2,13-16H2,1H3;1H. The molecule has 3 heteroatoms. The van der Waals surface area contributed by atoms with Gasteiger partial charge in [0.05, 0.1) is 6.04 Å². The summed E-state index contributed by atoms with van der Waals surface area (Å²) in [6, 6.07) is 22.2. The van der Waals surface area contributed by atoms with Gasteiger partial charge in [0.1, 0.15) is 0 Å². The summed E-state index contributed by atoms with van der Waals surface area (Å²) in [6.45, 7) is 8.04. The molecule has 0 spiro atoms. The number of rotatable bonds is 4. The van der Waals surface area contributed by atoms with Crippen LogP contribution in [-0.2, 0) is 0 Å². The highest BCUT2D eigenvalue weighted by Gasteiger charge is 2.25. The van der Waals surface area contributed by atoms with Crippen molar-refractivity contribution in [3.63, 3.8) is 0 Å². The highest BCUT2D eigenvalue weighted by Crippen LogP contribution is 2.29. The number of halogens is 1. The van der Waals surface area contributed by atoms with E-state index in [0.717, 1.165) is 19.6 Å². The van der Waals surface area contributed by atoms with E-state index >= 15 is 0 Å². The molecule has 22 heavy (non-hydrogen) atoms. The van der Waals surface area contributed by atoms with E-state index in [2.05, 4.69) is 77.4 Å². The predicted molar refractivity (Wildman–Crippen MR) is 95.7 cm³/mol. The Morgan fingerprint density at radius 2 is 1.23 bits per heavy atom. The van der Waals surface area contributed by atoms with Gasteiger partial charge in [0, 0.05) is 26.2 Å². The second-order valence-electron chi connectivity index (χ2n) is 5.69. The highest BCUT2D eigenvalue weighted by atomic mass is 35.5. The summed E-state index contributed by atoms with van der Waals surface area (Å²) < 4.78 is 0. The molecule has 1 fully saturated rings. The van der Waals surface area contributed by atoms with Crippen LogP contribution < -0.4 is 0 Å². The molecule has 1 aliphatic heterocycles. The molecule has 0 unspecified atom stereocenters. The van der Waals surface area contributed by atoms with Crippen molar-refractivity contribution < 1.29 is 0 Å². The molecule has 2 aromatic carbocycles. The van der Waals surface area contributed by atoms with Crippen LogP contribution in [0.4, 0.5) is 0 Å². The molecule has 1 saturated heterocycles. The molecular weight excluding hydrogens is 292 g/mol. The van der Waals surface area contributed by atoms with Crippen molar-refractivity contribution in [1.82, 2.24) is 9.80 Å². The zero-order chi connectivity index (χ0) is 14.5. The summed E-state index contributed by atoms with van der Waals surface area (Å²) in [4.78, 5) is 5.15. The van der Waals surface area contributed by atoms with E-state index < -0.39 is 0 Å².